The van der Waals surface area contributed by atoms with Crippen molar-refractivity contribution in [3.63, 3.8) is 0 Å². The summed E-state index contributed by atoms with van der Waals surface area (Å²) in [4.78, 5) is 15.5. The SMILES string of the molecule is CCC(C)C1=NC(C)CC(=O)N1. The summed E-state index contributed by atoms with van der Waals surface area (Å²) in [7, 11) is 0. The highest BCUT2D eigenvalue weighted by atomic mass is 16.1. The molecule has 68 valence electrons. The Labute approximate surface area is 73.3 Å². The lowest BCUT2D eigenvalue weighted by Crippen LogP contribution is -2.40. The monoisotopic (exact) mass is 168 g/mol. The number of amidine groups is 1. The van der Waals surface area contributed by atoms with Gasteiger partial charge in [0.05, 0.1) is 6.04 Å². The second-order valence-corrected chi connectivity index (χ2v) is 3.42. The van der Waals surface area contributed by atoms with E-state index in [2.05, 4.69) is 24.2 Å². The molecule has 0 fully saturated rings. The summed E-state index contributed by atoms with van der Waals surface area (Å²) in [5.41, 5.74) is 0. The maximum Gasteiger partial charge on any atom is 0.227 e. The largest absolute Gasteiger partial charge is 0.314 e. The van der Waals surface area contributed by atoms with Crippen molar-refractivity contribution in [1.82, 2.24) is 5.32 Å². The van der Waals surface area contributed by atoms with E-state index in [9.17, 15) is 4.79 Å². The Morgan fingerprint density at radius 3 is 2.92 bits per heavy atom. The molecule has 1 aliphatic heterocycles. The van der Waals surface area contributed by atoms with Crippen molar-refractivity contribution in [2.75, 3.05) is 0 Å². The molecule has 0 radical (unpaired) electrons. The average molecular weight is 168 g/mol. The predicted molar refractivity (Wildman–Crippen MR) is 49.1 cm³/mol. The predicted octanol–water partition coefficient (Wildman–Crippen LogP) is 1.34. The van der Waals surface area contributed by atoms with Crippen LogP contribution in [0.2, 0.25) is 0 Å². The van der Waals surface area contributed by atoms with Crippen molar-refractivity contribution < 1.29 is 4.79 Å². The first-order valence-corrected chi connectivity index (χ1v) is 4.51. The van der Waals surface area contributed by atoms with Gasteiger partial charge in [-0.2, -0.15) is 0 Å². The average Bonchev–Trinajstić information content (AvgIpc) is 2.01. The molecule has 0 saturated heterocycles. The maximum absolute atomic E-state index is 11.1. The van der Waals surface area contributed by atoms with Crippen molar-refractivity contribution in [3.05, 3.63) is 0 Å². The normalized spacial score (nSPS) is 26.1. The van der Waals surface area contributed by atoms with Crippen LogP contribution < -0.4 is 5.32 Å². The van der Waals surface area contributed by atoms with Crippen LogP contribution in [0, 0.1) is 5.92 Å². The van der Waals surface area contributed by atoms with Gasteiger partial charge in [0.1, 0.15) is 5.84 Å². The zero-order valence-corrected chi connectivity index (χ0v) is 7.92. The van der Waals surface area contributed by atoms with Crippen molar-refractivity contribution in [1.29, 1.82) is 0 Å². The van der Waals surface area contributed by atoms with E-state index in [1.165, 1.54) is 0 Å². The molecule has 0 bridgehead atoms. The number of aliphatic imine (C=N–C) groups is 1. The van der Waals surface area contributed by atoms with Crippen molar-refractivity contribution in [2.24, 2.45) is 10.9 Å². The summed E-state index contributed by atoms with van der Waals surface area (Å²) >= 11 is 0. The van der Waals surface area contributed by atoms with Gasteiger partial charge in [-0.15, -0.1) is 0 Å². The van der Waals surface area contributed by atoms with E-state index in [0.717, 1.165) is 12.3 Å². The van der Waals surface area contributed by atoms with Gasteiger partial charge in [0.2, 0.25) is 5.91 Å². The summed E-state index contributed by atoms with van der Waals surface area (Å²) in [5.74, 6) is 1.34. The minimum atomic E-state index is 0.104. The fraction of sp³-hybridized carbons (Fsp3) is 0.778. The van der Waals surface area contributed by atoms with Gasteiger partial charge in [-0.05, 0) is 13.3 Å². The molecule has 1 aliphatic rings. The van der Waals surface area contributed by atoms with Crippen LogP contribution in [0.3, 0.4) is 0 Å². The maximum atomic E-state index is 11.1. The van der Waals surface area contributed by atoms with Crippen LogP contribution in [-0.4, -0.2) is 17.8 Å². The molecule has 1 amide bonds. The Morgan fingerprint density at radius 2 is 2.42 bits per heavy atom. The van der Waals surface area contributed by atoms with Crippen LogP contribution in [0.5, 0.6) is 0 Å². The van der Waals surface area contributed by atoms with E-state index in [0.29, 0.717) is 12.3 Å². The molecular formula is C9H16N2O. The summed E-state index contributed by atoms with van der Waals surface area (Å²) < 4.78 is 0. The first-order chi connectivity index (χ1) is 5.63. The molecule has 1 N–H and O–H groups in total. The minimum absolute atomic E-state index is 0.104. The van der Waals surface area contributed by atoms with Crippen LogP contribution in [-0.2, 0) is 4.79 Å². The Kier molecular flexibility index (Phi) is 2.84. The fourth-order valence-corrected chi connectivity index (χ4v) is 1.22. The molecule has 2 unspecified atom stereocenters. The van der Waals surface area contributed by atoms with E-state index < -0.39 is 0 Å². The van der Waals surface area contributed by atoms with E-state index >= 15 is 0 Å². The third-order valence-corrected chi connectivity index (χ3v) is 2.19. The Hall–Kier alpha value is -0.860. The third kappa shape index (κ3) is 2.06. The quantitative estimate of drug-likeness (QED) is 0.664. The van der Waals surface area contributed by atoms with Gasteiger partial charge in [0, 0.05) is 12.3 Å². The van der Waals surface area contributed by atoms with E-state index in [-0.39, 0.29) is 11.9 Å². The first-order valence-electron chi connectivity index (χ1n) is 4.51. The summed E-state index contributed by atoms with van der Waals surface area (Å²) in [6, 6.07) is 0.155. The fourth-order valence-electron chi connectivity index (χ4n) is 1.22. The zero-order valence-electron chi connectivity index (χ0n) is 7.92. The second kappa shape index (κ2) is 3.70. The molecule has 12 heavy (non-hydrogen) atoms. The number of hydrogen-bond donors (Lipinski definition) is 1. The molecular weight excluding hydrogens is 152 g/mol. The number of amides is 1. The third-order valence-electron chi connectivity index (χ3n) is 2.19. The molecule has 3 heteroatoms. The van der Waals surface area contributed by atoms with Gasteiger partial charge in [-0.25, -0.2) is 0 Å². The van der Waals surface area contributed by atoms with E-state index in [1.54, 1.807) is 0 Å². The summed E-state index contributed by atoms with van der Waals surface area (Å²) in [6.07, 6.45) is 1.55. The highest BCUT2D eigenvalue weighted by molar-refractivity contribution is 6.01. The van der Waals surface area contributed by atoms with Crippen LogP contribution in [0.1, 0.15) is 33.6 Å². The molecule has 1 rings (SSSR count). The van der Waals surface area contributed by atoms with Gasteiger partial charge >= 0.3 is 0 Å². The smallest absolute Gasteiger partial charge is 0.227 e. The lowest BCUT2D eigenvalue weighted by Gasteiger charge is -2.21. The molecule has 0 aromatic carbocycles. The van der Waals surface area contributed by atoms with Gasteiger partial charge in [-0.1, -0.05) is 13.8 Å². The minimum Gasteiger partial charge on any atom is -0.314 e. The highest BCUT2D eigenvalue weighted by Gasteiger charge is 2.19. The number of carbonyl (C=O) groups is 1. The number of nitrogens with one attached hydrogen (secondary N) is 1. The summed E-state index contributed by atoms with van der Waals surface area (Å²) in [6.45, 7) is 6.15. The molecule has 0 saturated carbocycles. The van der Waals surface area contributed by atoms with Gasteiger partial charge in [0.25, 0.3) is 0 Å². The van der Waals surface area contributed by atoms with Crippen LogP contribution in [0.15, 0.2) is 4.99 Å². The van der Waals surface area contributed by atoms with Crippen LogP contribution in [0.25, 0.3) is 0 Å². The number of carbonyl (C=O) groups excluding carboxylic acids is 1. The van der Waals surface area contributed by atoms with E-state index in [4.69, 9.17) is 0 Å². The number of nitrogens with zero attached hydrogens (tertiary/aromatic N) is 1. The van der Waals surface area contributed by atoms with Crippen molar-refractivity contribution >= 4 is 11.7 Å². The molecule has 1 heterocycles. The Morgan fingerprint density at radius 1 is 1.75 bits per heavy atom. The zero-order chi connectivity index (χ0) is 9.14. The van der Waals surface area contributed by atoms with Gasteiger partial charge < -0.3 is 5.32 Å². The Bertz CT molecular complexity index is 211. The van der Waals surface area contributed by atoms with Crippen LogP contribution >= 0.6 is 0 Å². The number of rotatable bonds is 2. The van der Waals surface area contributed by atoms with Crippen molar-refractivity contribution in [2.45, 2.75) is 39.7 Å². The molecule has 0 aromatic rings. The van der Waals surface area contributed by atoms with Gasteiger partial charge in [-0.3, -0.25) is 9.79 Å². The topological polar surface area (TPSA) is 41.5 Å². The molecule has 0 spiro atoms. The lowest BCUT2D eigenvalue weighted by molar-refractivity contribution is -0.120. The summed E-state index contributed by atoms with van der Waals surface area (Å²) in [5, 5.41) is 2.81. The second-order valence-electron chi connectivity index (χ2n) is 3.42. The number of hydrogen-bond acceptors (Lipinski definition) is 2. The van der Waals surface area contributed by atoms with E-state index in [1.807, 2.05) is 6.92 Å². The molecule has 3 nitrogen and oxygen atoms in total. The lowest BCUT2D eigenvalue weighted by atomic mass is 10.1. The molecule has 0 aromatic heterocycles. The van der Waals surface area contributed by atoms with Crippen molar-refractivity contribution in [3.8, 4) is 0 Å². The highest BCUT2D eigenvalue weighted by Crippen LogP contribution is 2.10. The standard InChI is InChI=1S/C9H16N2O/c1-4-6(2)9-10-7(3)5-8(12)11-9/h6-7H,4-5H2,1-3H3,(H,10,11,12). The molecule has 0 aliphatic carbocycles. The van der Waals surface area contributed by atoms with Crippen LogP contribution in [0.4, 0.5) is 0 Å². The van der Waals surface area contributed by atoms with Gasteiger partial charge in [0.15, 0.2) is 0 Å². The molecule has 2 atom stereocenters. The Balaban J connectivity index is 2.69. The first kappa shape index (κ1) is 9.23.